The van der Waals surface area contributed by atoms with Gasteiger partial charge >= 0.3 is 0 Å². The van der Waals surface area contributed by atoms with E-state index in [1.54, 1.807) is 0 Å². The maximum Gasteiger partial charge on any atom is 0.157 e. The highest BCUT2D eigenvalue weighted by Gasteiger charge is 2.27. The van der Waals surface area contributed by atoms with Crippen molar-refractivity contribution in [3.05, 3.63) is 0 Å². The third-order valence-corrected chi connectivity index (χ3v) is 4.60. The van der Waals surface area contributed by atoms with Gasteiger partial charge < -0.3 is 10.2 Å². The van der Waals surface area contributed by atoms with Gasteiger partial charge in [0.15, 0.2) is 5.17 Å². The number of hydrogen-bond donors (Lipinski definition) is 1. The molecule has 0 aliphatic carbocycles. The lowest BCUT2D eigenvalue weighted by molar-refractivity contribution is 0.214. The van der Waals surface area contributed by atoms with Crippen LogP contribution in [0.5, 0.6) is 0 Å². The largest absolute Gasteiger partial charge is 0.359 e. The maximum atomic E-state index is 4.72. The predicted octanol–water partition coefficient (Wildman–Crippen LogP) is 1.80. The first kappa shape index (κ1) is 12.2. The van der Waals surface area contributed by atoms with Crippen molar-refractivity contribution in [3.63, 3.8) is 0 Å². The fourth-order valence-corrected chi connectivity index (χ4v) is 3.41. The number of nitrogens with one attached hydrogen (secondary N) is 1. The molecule has 0 aromatic carbocycles. The molecule has 2 fully saturated rings. The summed E-state index contributed by atoms with van der Waals surface area (Å²) in [7, 11) is 2.21. The van der Waals surface area contributed by atoms with Crippen molar-refractivity contribution < 1.29 is 0 Å². The summed E-state index contributed by atoms with van der Waals surface area (Å²) in [6, 6.07) is 0. The molecular formula is C12H23N3S. The fraction of sp³-hybridized carbons (Fsp3) is 0.917. The number of hydrogen-bond acceptors (Lipinski definition) is 3. The zero-order valence-electron chi connectivity index (χ0n) is 10.6. The Morgan fingerprint density at radius 1 is 1.56 bits per heavy atom. The van der Waals surface area contributed by atoms with Gasteiger partial charge in [-0.25, -0.2) is 0 Å². The fourth-order valence-electron chi connectivity index (χ4n) is 2.33. The molecule has 0 aromatic rings. The Hall–Kier alpha value is -0.220. The van der Waals surface area contributed by atoms with Crippen LogP contribution in [0.3, 0.4) is 0 Å². The van der Waals surface area contributed by atoms with Crippen LogP contribution in [0, 0.1) is 5.92 Å². The standard InChI is InChI=1S/C12H23N3S/c1-12(2)9-16-11(14-12)13-7-10-5-4-6-15(3)8-10/h10H,4-9H2,1-3H3,(H,13,14). The molecular weight excluding hydrogens is 218 g/mol. The molecule has 0 aromatic heterocycles. The van der Waals surface area contributed by atoms with E-state index >= 15 is 0 Å². The summed E-state index contributed by atoms with van der Waals surface area (Å²) in [5.74, 6) is 1.90. The number of likely N-dealkylation sites (tertiary alicyclic amines) is 1. The Bertz CT molecular complexity index is 275. The summed E-state index contributed by atoms with van der Waals surface area (Å²) in [5, 5.41) is 4.63. The second-order valence-corrected chi connectivity index (χ2v) is 6.68. The van der Waals surface area contributed by atoms with Crippen LogP contribution >= 0.6 is 11.8 Å². The van der Waals surface area contributed by atoms with E-state index in [0.717, 1.165) is 23.4 Å². The van der Waals surface area contributed by atoms with Gasteiger partial charge in [-0.2, -0.15) is 0 Å². The summed E-state index contributed by atoms with van der Waals surface area (Å²) in [6.07, 6.45) is 2.67. The predicted molar refractivity (Wildman–Crippen MR) is 72.2 cm³/mol. The summed E-state index contributed by atoms with van der Waals surface area (Å²) in [5.41, 5.74) is 0.229. The minimum absolute atomic E-state index is 0.229. The van der Waals surface area contributed by atoms with Crippen LogP contribution in [0.4, 0.5) is 0 Å². The Morgan fingerprint density at radius 3 is 3.00 bits per heavy atom. The minimum Gasteiger partial charge on any atom is -0.359 e. The van der Waals surface area contributed by atoms with E-state index in [9.17, 15) is 0 Å². The monoisotopic (exact) mass is 241 g/mol. The van der Waals surface area contributed by atoms with Crippen LogP contribution in [0.25, 0.3) is 0 Å². The molecule has 0 saturated carbocycles. The zero-order valence-corrected chi connectivity index (χ0v) is 11.4. The number of piperidine rings is 1. The highest BCUT2D eigenvalue weighted by molar-refractivity contribution is 8.14. The number of thioether (sulfide) groups is 1. The van der Waals surface area contributed by atoms with Gasteiger partial charge in [0.25, 0.3) is 0 Å². The van der Waals surface area contributed by atoms with Crippen molar-refractivity contribution in [3.8, 4) is 0 Å². The molecule has 2 rings (SSSR count). The molecule has 0 amide bonds. The molecule has 1 unspecified atom stereocenters. The lowest BCUT2D eigenvalue weighted by Gasteiger charge is -2.28. The third kappa shape index (κ3) is 3.39. The van der Waals surface area contributed by atoms with Crippen molar-refractivity contribution in [2.45, 2.75) is 32.2 Å². The van der Waals surface area contributed by atoms with Gasteiger partial charge in [-0.15, -0.1) is 0 Å². The lowest BCUT2D eigenvalue weighted by atomic mass is 9.99. The van der Waals surface area contributed by atoms with Gasteiger partial charge in [0.2, 0.25) is 0 Å². The normalized spacial score (nSPS) is 32.9. The van der Waals surface area contributed by atoms with Gasteiger partial charge in [0.1, 0.15) is 0 Å². The van der Waals surface area contributed by atoms with Crippen molar-refractivity contribution >= 4 is 16.9 Å². The smallest absolute Gasteiger partial charge is 0.157 e. The number of rotatable bonds is 2. The third-order valence-electron chi connectivity index (χ3n) is 3.23. The highest BCUT2D eigenvalue weighted by atomic mass is 32.2. The first-order chi connectivity index (χ1) is 7.55. The Kier molecular flexibility index (Phi) is 3.80. The molecule has 2 saturated heterocycles. The Morgan fingerprint density at radius 2 is 2.38 bits per heavy atom. The summed E-state index contributed by atoms with van der Waals surface area (Å²) in [4.78, 5) is 7.14. The Balaban J connectivity index is 1.80. The first-order valence-corrected chi connectivity index (χ1v) is 7.18. The van der Waals surface area contributed by atoms with Gasteiger partial charge in [-0.3, -0.25) is 4.99 Å². The molecule has 2 aliphatic heterocycles. The van der Waals surface area contributed by atoms with Crippen molar-refractivity contribution in [2.24, 2.45) is 10.9 Å². The first-order valence-electron chi connectivity index (χ1n) is 6.19. The van der Waals surface area contributed by atoms with Crippen LogP contribution in [-0.2, 0) is 0 Å². The van der Waals surface area contributed by atoms with Crippen LogP contribution in [0.1, 0.15) is 26.7 Å². The molecule has 0 bridgehead atoms. The molecule has 92 valence electrons. The van der Waals surface area contributed by atoms with Crippen LogP contribution in [0.2, 0.25) is 0 Å². The van der Waals surface area contributed by atoms with Crippen LogP contribution in [-0.4, -0.2) is 48.0 Å². The highest BCUT2D eigenvalue weighted by Crippen LogP contribution is 2.23. The van der Waals surface area contributed by atoms with Crippen LogP contribution in [0.15, 0.2) is 4.99 Å². The van der Waals surface area contributed by atoms with E-state index in [4.69, 9.17) is 4.99 Å². The molecule has 2 heterocycles. The van der Waals surface area contributed by atoms with Gasteiger partial charge in [0.05, 0.1) is 0 Å². The average Bonchev–Trinajstić information content (AvgIpc) is 2.56. The SMILES string of the molecule is CN1CCCC(CN=C2NC(C)(C)CS2)C1. The van der Waals surface area contributed by atoms with E-state index in [1.807, 2.05) is 11.8 Å². The maximum absolute atomic E-state index is 4.72. The van der Waals surface area contributed by atoms with Gasteiger partial charge in [0, 0.05) is 24.4 Å². The molecule has 3 nitrogen and oxygen atoms in total. The zero-order chi connectivity index (χ0) is 11.6. The van der Waals surface area contributed by atoms with E-state index in [-0.39, 0.29) is 5.54 Å². The Labute approximate surface area is 103 Å². The van der Waals surface area contributed by atoms with Gasteiger partial charge in [-0.05, 0) is 46.2 Å². The van der Waals surface area contributed by atoms with Crippen molar-refractivity contribution in [1.29, 1.82) is 0 Å². The summed E-state index contributed by atoms with van der Waals surface area (Å²) >= 11 is 1.86. The molecule has 1 atom stereocenters. The average molecular weight is 241 g/mol. The summed E-state index contributed by atoms with van der Waals surface area (Å²) in [6.45, 7) is 7.93. The molecule has 0 radical (unpaired) electrons. The van der Waals surface area contributed by atoms with Gasteiger partial charge in [-0.1, -0.05) is 11.8 Å². The molecule has 4 heteroatoms. The van der Waals surface area contributed by atoms with E-state index in [0.29, 0.717) is 0 Å². The van der Waals surface area contributed by atoms with E-state index in [2.05, 4.69) is 31.1 Å². The van der Waals surface area contributed by atoms with E-state index < -0.39 is 0 Å². The molecule has 1 N–H and O–H groups in total. The van der Waals surface area contributed by atoms with Crippen molar-refractivity contribution in [2.75, 3.05) is 32.4 Å². The number of aliphatic imine (C=N–C) groups is 1. The quantitative estimate of drug-likeness (QED) is 0.799. The molecule has 2 aliphatic rings. The van der Waals surface area contributed by atoms with E-state index in [1.165, 1.54) is 25.9 Å². The number of amidine groups is 1. The van der Waals surface area contributed by atoms with Crippen LogP contribution < -0.4 is 5.32 Å². The minimum atomic E-state index is 0.229. The second-order valence-electron chi connectivity index (χ2n) is 5.71. The topological polar surface area (TPSA) is 27.6 Å². The lowest BCUT2D eigenvalue weighted by Crippen LogP contribution is -2.37. The second kappa shape index (κ2) is 4.96. The molecule has 16 heavy (non-hydrogen) atoms. The van der Waals surface area contributed by atoms with Crippen molar-refractivity contribution in [1.82, 2.24) is 10.2 Å². The summed E-state index contributed by atoms with van der Waals surface area (Å²) < 4.78 is 0. The molecule has 0 spiro atoms. The number of nitrogens with zero attached hydrogens (tertiary/aromatic N) is 2.